The molecule has 2 aliphatic rings. The second kappa shape index (κ2) is 1.01. The molecule has 1 spiro atoms. The molecule has 3 nitrogen and oxygen atoms in total. The molecule has 2 aliphatic carbocycles. The van der Waals surface area contributed by atoms with Crippen LogP contribution in [0.3, 0.4) is 0 Å². The average Bonchev–Trinajstić information content (AvgIpc) is 2.56. The minimum Gasteiger partial charge on any atom is -0.368 e. The predicted octanol–water partition coefficient (Wildman–Crippen LogP) is -0.647. The number of primary amides is 1. The van der Waals surface area contributed by atoms with Crippen molar-refractivity contribution in [3.05, 3.63) is 0 Å². The molecular weight excluding hydrogens is 116 g/mol. The molecule has 0 aliphatic heterocycles. The molecule has 0 aromatic carbocycles. The summed E-state index contributed by atoms with van der Waals surface area (Å²) in [4.78, 5) is 10.6. The molecule has 4 N–H and O–H groups in total. The lowest BCUT2D eigenvalue weighted by molar-refractivity contribution is -0.120. The van der Waals surface area contributed by atoms with Crippen molar-refractivity contribution < 1.29 is 4.79 Å². The summed E-state index contributed by atoms with van der Waals surface area (Å²) < 4.78 is 0. The van der Waals surface area contributed by atoms with E-state index in [0.717, 1.165) is 19.3 Å². The van der Waals surface area contributed by atoms with Gasteiger partial charge in [-0.05, 0) is 24.7 Å². The van der Waals surface area contributed by atoms with Gasteiger partial charge in [-0.3, -0.25) is 4.79 Å². The molecule has 1 amide bonds. The smallest absolute Gasteiger partial charge is 0.238 e. The maximum absolute atomic E-state index is 10.6. The number of amides is 1. The Morgan fingerprint density at radius 1 is 1.44 bits per heavy atom. The van der Waals surface area contributed by atoms with Crippen molar-refractivity contribution in [3.63, 3.8) is 0 Å². The molecule has 2 rings (SSSR count). The minimum absolute atomic E-state index is 0.179. The molecule has 1 atom stereocenters. The molecule has 3 heteroatoms. The molecule has 0 saturated heterocycles. The summed E-state index contributed by atoms with van der Waals surface area (Å²) in [7, 11) is 0. The molecule has 0 aromatic heterocycles. The van der Waals surface area contributed by atoms with E-state index in [0.29, 0.717) is 0 Å². The SMILES string of the molecule is NC(=O)C1(N)CC12CC2. The first kappa shape index (κ1) is 5.23. The lowest BCUT2D eigenvalue weighted by Crippen LogP contribution is -2.41. The van der Waals surface area contributed by atoms with Crippen LogP contribution in [0, 0.1) is 5.41 Å². The van der Waals surface area contributed by atoms with Gasteiger partial charge in [0, 0.05) is 0 Å². The van der Waals surface area contributed by atoms with Crippen molar-refractivity contribution >= 4 is 5.91 Å². The Bertz CT molecular complexity index is 185. The second-order valence-corrected chi connectivity index (χ2v) is 3.29. The summed E-state index contributed by atoms with van der Waals surface area (Å²) in [6.07, 6.45) is 3.04. The average molecular weight is 126 g/mol. The Labute approximate surface area is 53.4 Å². The Hall–Kier alpha value is -0.570. The van der Waals surface area contributed by atoms with Crippen LogP contribution in [0.15, 0.2) is 0 Å². The van der Waals surface area contributed by atoms with Crippen LogP contribution >= 0.6 is 0 Å². The highest BCUT2D eigenvalue weighted by Gasteiger charge is 2.75. The van der Waals surface area contributed by atoms with E-state index in [-0.39, 0.29) is 11.3 Å². The first-order valence-corrected chi connectivity index (χ1v) is 3.20. The molecule has 1 unspecified atom stereocenters. The van der Waals surface area contributed by atoms with E-state index in [2.05, 4.69) is 0 Å². The molecule has 0 heterocycles. The van der Waals surface area contributed by atoms with E-state index in [1.807, 2.05) is 0 Å². The molecule has 0 aromatic rings. The van der Waals surface area contributed by atoms with Gasteiger partial charge in [-0.15, -0.1) is 0 Å². The topological polar surface area (TPSA) is 69.1 Å². The van der Waals surface area contributed by atoms with Gasteiger partial charge in [-0.1, -0.05) is 0 Å². The standard InChI is InChI=1S/C6H10N2O/c7-4(9)6(8)3-5(6)1-2-5/h1-3,8H2,(H2,7,9). The summed E-state index contributed by atoms with van der Waals surface area (Å²) in [6, 6.07) is 0. The van der Waals surface area contributed by atoms with Gasteiger partial charge in [0.1, 0.15) is 5.54 Å². The maximum atomic E-state index is 10.6. The van der Waals surface area contributed by atoms with Crippen LogP contribution in [0.5, 0.6) is 0 Å². The van der Waals surface area contributed by atoms with Crippen LogP contribution in [0.1, 0.15) is 19.3 Å². The number of hydrogen-bond acceptors (Lipinski definition) is 2. The molecule has 50 valence electrons. The summed E-state index contributed by atoms with van der Waals surface area (Å²) in [5.41, 5.74) is 10.3. The first-order valence-electron chi connectivity index (χ1n) is 3.20. The minimum atomic E-state index is -0.604. The lowest BCUT2D eigenvalue weighted by atomic mass is 10.2. The third kappa shape index (κ3) is 0.399. The zero-order chi connectivity index (χ0) is 6.70. The van der Waals surface area contributed by atoms with Gasteiger partial charge < -0.3 is 11.5 Å². The lowest BCUT2D eigenvalue weighted by Gasteiger charge is -2.02. The van der Waals surface area contributed by atoms with Crippen molar-refractivity contribution in [1.29, 1.82) is 0 Å². The van der Waals surface area contributed by atoms with Gasteiger partial charge in [-0.2, -0.15) is 0 Å². The summed E-state index contributed by atoms with van der Waals surface area (Å²) in [5.74, 6) is -0.319. The summed E-state index contributed by atoms with van der Waals surface area (Å²) >= 11 is 0. The number of hydrogen-bond donors (Lipinski definition) is 2. The van der Waals surface area contributed by atoms with E-state index >= 15 is 0 Å². The van der Waals surface area contributed by atoms with E-state index < -0.39 is 5.54 Å². The van der Waals surface area contributed by atoms with Crippen molar-refractivity contribution in [3.8, 4) is 0 Å². The third-order valence-corrected chi connectivity index (χ3v) is 2.73. The maximum Gasteiger partial charge on any atom is 0.238 e. The van der Waals surface area contributed by atoms with Crippen molar-refractivity contribution in [2.75, 3.05) is 0 Å². The largest absolute Gasteiger partial charge is 0.368 e. The van der Waals surface area contributed by atoms with E-state index in [4.69, 9.17) is 11.5 Å². The van der Waals surface area contributed by atoms with E-state index in [1.54, 1.807) is 0 Å². The molecule has 2 saturated carbocycles. The van der Waals surface area contributed by atoms with Crippen LogP contribution in [0.25, 0.3) is 0 Å². The Kier molecular flexibility index (Phi) is 0.588. The summed E-state index contributed by atoms with van der Waals surface area (Å²) in [6.45, 7) is 0. The third-order valence-electron chi connectivity index (χ3n) is 2.73. The first-order chi connectivity index (χ1) is 4.11. The Morgan fingerprint density at radius 2 is 2.00 bits per heavy atom. The number of carbonyl (C=O) groups excluding carboxylic acids is 1. The number of nitrogens with two attached hydrogens (primary N) is 2. The Morgan fingerprint density at radius 3 is 2.11 bits per heavy atom. The molecular formula is C6H10N2O. The van der Waals surface area contributed by atoms with Gasteiger partial charge in [0.2, 0.25) is 5.91 Å². The highest BCUT2D eigenvalue weighted by molar-refractivity contribution is 5.90. The van der Waals surface area contributed by atoms with Gasteiger partial charge >= 0.3 is 0 Å². The van der Waals surface area contributed by atoms with Crippen molar-refractivity contribution in [2.24, 2.45) is 16.9 Å². The van der Waals surface area contributed by atoms with Gasteiger partial charge in [0.15, 0.2) is 0 Å². The Balaban J connectivity index is 2.21. The van der Waals surface area contributed by atoms with E-state index in [1.165, 1.54) is 0 Å². The van der Waals surface area contributed by atoms with Gasteiger partial charge in [-0.25, -0.2) is 0 Å². The van der Waals surface area contributed by atoms with Crippen LogP contribution in [0.2, 0.25) is 0 Å². The van der Waals surface area contributed by atoms with Gasteiger partial charge in [0.05, 0.1) is 0 Å². The van der Waals surface area contributed by atoms with Crippen molar-refractivity contribution in [2.45, 2.75) is 24.8 Å². The zero-order valence-corrected chi connectivity index (χ0v) is 5.18. The fourth-order valence-electron chi connectivity index (χ4n) is 1.61. The zero-order valence-electron chi connectivity index (χ0n) is 5.18. The fourth-order valence-corrected chi connectivity index (χ4v) is 1.61. The highest BCUT2D eigenvalue weighted by atomic mass is 16.1. The molecule has 0 bridgehead atoms. The monoisotopic (exact) mass is 126 g/mol. The normalized spacial score (nSPS) is 42.8. The molecule has 9 heavy (non-hydrogen) atoms. The van der Waals surface area contributed by atoms with Crippen LogP contribution in [-0.4, -0.2) is 11.4 Å². The quantitative estimate of drug-likeness (QED) is 0.490. The molecule has 2 fully saturated rings. The summed E-state index contributed by atoms with van der Waals surface area (Å²) in [5, 5.41) is 0. The van der Waals surface area contributed by atoms with Crippen LogP contribution < -0.4 is 11.5 Å². The van der Waals surface area contributed by atoms with Gasteiger partial charge in [0.25, 0.3) is 0 Å². The number of rotatable bonds is 1. The second-order valence-electron chi connectivity index (χ2n) is 3.29. The van der Waals surface area contributed by atoms with Crippen LogP contribution in [-0.2, 0) is 4.79 Å². The van der Waals surface area contributed by atoms with Crippen molar-refractivity contribution in [1.82, 2.24) is 0 Å². The van der Waals surface area contributed by atoms with Crippen LogP contribution in [0.4, 0.5) is 0 Å². The fraction of sp³-hybridized carbons (Fsp3) is 0.833. The predicted molar refractivity (Wildman–Crippen MR) is 32.4 cm³/mol. The highest BCUT2D eigenvalue weighted by Crippen LogP contribution is 2.71. The van der Waals surface area contributed by atoms with E-state index in [9.17, 15) is 4.79 Å². The molecule has 0 radical (unpaired) electrons. The number of carbonyl (C=O) groups is 1.